The van der Waals surface area contributed by atoms with Crippen LogP contribution in [-0.2, 0) is 27.2 Å². The quantitative estimate of drug-likeness (QED) is 0.164. The lowest BCUT2D eigenvalue weighted by Gasteiger charge is -2.13. The highest BCUT2D eigenvalue weighted by atomic mass is 35.5. The van der Waals surface area contributed by atoms with E-state index in [0.717, 1.165) is 27.2 Å². The van der Waals surface area contributed by atoms with Crippen LogP contribution >= 0.6 is 23.2 Å². The van der Waals surface area contributed by atoms with Crippen molar-refractivity contribution in [2.24, 2.45) is 0 Å². The standard InChI is InChI=1S/C20H17FO3S.C14H11Cl2NO2/c1-12-17(9-13-3-6-15(7-4-13)25(2)24)16-8-5-14(21)10-19(16)18(12)11-20(22)23;15-10-5-3-6-11(16)14(10)17-12-7-2-1-4-9(12)8-13(18)19/h3-10H,11H2,1-2H3,(H,22,23);1-7,17H,8H2,(H,18,19)/b17-9-;. The summed E-state index contributed by atoms with van der Waals surface area (Å²) in [5.74, 6) is -2.22. The van der Waals surface area contributed by atoms with Crippen LogP contribution in [0.25, 0.3) is 17.2 Å². The normalized spacial score (nSPS) is 13.6. The Hall–Kier alpha value is -4.08. The molecule has 44 heavy (non-hydrogen) atoms. The number of halogens is 3. The van der Waals surface area contributed by atoms with E-state index in [2.05, 4.69) is 5.32 Å². The highest BCUT2D eigenvalue weighted by molar-refractivity contribution is 7.90. The number of carbonyl (C=O) groups is 2. The molecule has 1 atom stereocenters. The first-order valence-electron chi connectivity index (χ1n) is 13.3. The van der Waals surface area contributed by atoms with Crippen molar-refractivity contribution in [1.82, 2.24) is 0 Å². The van der Waals surface area contributed by atoms with Crippen molar-refractivity contribution < 1.29 is 28.7 Å². The van der Waals surface area contributed by atoms with Gasteiger partial charge in [0.25, 0.3) is 0 Å². The van der Waals surface area contributed by atoms with Crippen molar-refractivity contribution in [3.63, 3.8) is 0 Å². The van der Waals surface area contributed by atoms with Gasteiger partial charge in [0, 0.05) is 5.69 Å². The lowest BCUT2D eigenvalue weighted by Crippen LogP contribution is -2.04. The van der Waals surface area contributed by atoms with E-state index in [9.17, 15) is 18.5 Å². The van der Waals surface area contributed by atoms with Crippen LogP contribution in [0.4, 0.5) is 15.8 Å². The Kier molecular flexibility index (Phi) is 10.9. The van der Waals surface area contributed by atoms with Crippen molar-refractivity contribution in [2.45, 2.75) is 24.7 Å². The van der Waals surface area contributed by atoms with Crippen molar-refractivity contribution in [1.29, 1.82) is 0 Å². The molecular formula is C34H28Cl2FNO5S. The molecule has 0 heterocycles. The fraction of sp³-hybridized carbons (Fsp3) is 0.118. The zero-order valence-corrected chi connectivity index (χ0v) is 26.1. The van der Waals surface area contributed by atoms with Gasteiger partial charge in [0.1, 0.15) is 12.1 Å². The molecular weight excluding hydrogens is 624 g/mol. The lowest BCUT2D eigenvalue weighted by atomic mass is 10.0. The van der Waals surface area contributed by atoms with Crippen LogP contribution in [0.1, 0.15) is 35.6 Å². The maximum Gasteiger partial charge on any atom is 0.307 e. The Balaban J connectivity index is 0.000000209. The lowest BCUT2D eigenvalue weighted by molar-refractivity contribution is -0.137. The molecule has 0 saturated carbocycles. The molecule has 3 N–H and O–H groups in total. The molecule has 1 aliphatic rings. The molecule has 5 rings (SSSR count). The summed E-state index contributed by atoms with van der Waals surface area (Å²) in [6, 6.07) is 24.1. The van der Waals surface area contributed by atoms with Crippen molar-refractivity contribution in [3.05, 3.63) is 129 Å². The minimum absolute atomic E-state index is 0.0642. The average Bonchev–Trinajstić information content (AvgIpc) is 3.21. The Labute approximate surface area is 267 Å². The molecule has 0 aromatic heterocycles. The van der Waals surface area contributed by atoms with Crippen LogP contribution in [0.2, 0.25) is 10.0 Å². The predicted octanol–water partition coefficient (Wildman–Crippen LogP) is 8.73. The summed E-state index contributed by atoms with van der Waals surface area (Å²) in [7, 11) is 0. The van der Waals surface area contributed by atoms with Gasteiger partial charge in [-0.2, -0.15) is 0 Å². The summed E-state index contributed by atoms with van der Waals surface area (Å²) in [5, 5.41) is 22.1. The number of allylic oxidation sites excluding steroid dienone is 2. The van der Waals surface area contributed by atoms with E-state index < -0.39 is 23.1 Å². The van der Waals surface area contributed by atoms with E-state index in [-0.39, 0.29) is 18.7 Å². The highest BCUT2D eigenvalue weighted by Crippen LogP contribution is 2.44. The molecule has 0 bridgehead atoms. The zero-order valence-electron chi connectivity index (χ0n) is 23.7. The predicted molar refractivity (Wildman–Crippen MR) is 175 cm³/mol. The molecule has 6 nitrogen and oxygen atoms in total. The van der Waals surface area contributed by atoms with E-state index >= 15 is 0 Å². The summed E-state index contributed by atoms with van der Waals surface area (Å²) in [4.78, 5) is 22.8. The Bertz CT molecular complexity index is 1750. The third-order valence-corrected chi connectivity index (χ3v) is 8.45. The Morgan fingerprint density at radius 2 is 1.52 bits per heavy atom. The van der Waals surface area contributed by atoms with Gasteiger partial charge in [-0.1, -0.05) is 53.5 Å². The number of benzene rings is 4. The molecule has 0 saturated heterocycles. The number of para-hydroxylation sites is 2. The number of fused-ring (bicyclic) bond motifs is 1. The summed E-state index contributed by atoms with van der Waals surface area (Å²) >= 11 is 11.1. The largest absolute Gasteiger partial charge is 0.612 e. The molecule has 226 valence electrons. The number of carboxylic acids is 2. The number of nitrogens with one attached hydrogen (secondary N) is 1. The van der Waals surface area contributed by atoms with Gasteiger partial charge in [0.05, 0.1) is 28.6 Å². The smallest absolute Gasteiger partial charge is 0.307 e. The van der Waals surface area contributed by atoms with E-state index in [1.807, 2.05) is 31.2 Å². The molecule has 0 spiro atoms. The molecule has 0 amide bonds. The summed E-state index contributed by atoms with van der Waals surface area (Å²) < 4.78 is 25.1. The fourth-order valence-electron chi connectivity index (χ4n) is 4.77. The third kappa shape index (κ3) is 8.09. The number of hydrogen-bond acceptors (Lipinski definition) is 4. The van der Waals surface area contributed by atoms with Gasteiger partial charge in [0.2, 0.25) is 0 Å². The molecule has 0 fully saturated rings. The third-order valence-electron chi connectivity index (χ3n) is 6.89. The minimum Gasteiger partial charge on any atom is -0.612 e. The van der Waals surface area contributed by atoms with Crippen LogP contribution in [0.5, 0.6) is 0 Å². The first-order chi connectivity index (χ1) is 20.9. The fourth-order valence-corrected chi connectivity index (χ4v) is 5.78. The van der Waals surface area contributed by atoms with Crippen LogP contribution in [0.3, 0.4) is 0 Å². The van der Waals surface area contributed by atoms with Crippen LogP contribution in [-0.4, -0.2) is 33.0 Å². The van der Waals surface area contributed by atoms with E-state index in [4.69, 9.17) is 33.4 Å². The highest BCUT2D eigenvalue weighted by Gasteiger charge is 2.25. The second-order valence-electron chi connectivity index (χ2n) is 9.89. The first kappa shape index (κ1) is 32.8. The summed E-state index contributed by atoms with van der Waals surface area (Å²) in [5.41, 5.74) is 6.67. The minimum atomic E-state index is -1.04. The maximum atomic E-state index is 13.7. The van der Waals surface area contributed by atoms with Gasteiger partial charge in [-0.25, -0.2) is 4.39 Å². The van der Waals surface area contributed by atoms with E-state index in [1.165, 1.54) is 12.1 Å². The van der Waals surface area contributed by atoms with Crippen molar-refractivity contribution in [2.75, 3.05) is 11.6 Å². The molecule has 0 radical (unpaired) electrons. The molecule has 1 unspecified atom stereocenters. The van der Waals surface area contributed by atoms with Crippen molar-refractivity contribution >= 4 is 74.9 Å². The first-order valence-corrected chi connectivity index (χ1v) is 15.6. The molecule has 1 aliphatic carbocycles. The Morgan fingerprint density at radius 3 is 2.14 bits per heavy atom. The second kappa shape index (κ2) is 14.6. The number of hydrogen-bond donors (Lipinski definition) is 3. The SMILES string of the molecule is CC1=C(CC(=O)O)c2cc(F)ccc2/C1=C\c1ccc([S+](C)[O-])cc1.O=C(O)Cc1ccccc1Nc1c(Cl)cccc1Cl. The topological polar surface area (TPSA) is 110 Å². The Morgan fingerprint density at radius 1 is 0.886 bits per heavy atom. The number of carboxylic acid groups (broad SMARTS) is 2. The van der Waals surface area contributed by atoms with Gasteiger partial charge in [0.15, 0.2) is 4.90 Å². The number of aliphatic carboxylic acids is 2. The van der Waals surface area contributed by atoms with Crippen LogP contribution < -0.4 is 5.32 Å². The van der Waals surface area contributed by atoms with Gasteiger partial charge < -0.3 is 20.1 Å². The second-order valence-corrected chi connectivity index (χ2v) is 12.1. The monoisotopic (exact) mass is 651 g/mol. The van der Waals surface area contributed by atoms with Gasteiger partial charge in [-0.3, -0.25) is 9.59 Å². The van der Waals surface area contributed by atoms with E-state index in [0.29, 0.717) is 38.1 Å². The molecule has 0 aliphatic heterocycles. The molecule has 4 aromatic rings. The average molecular weight is 653 g/mol. The van der Waals surface area contributed by atoms with Crippen LogP contribution in [0.15, 0.2) is 95.4 Å². The van der Waals surface area contributed by atoms with Crippen molar-refractivity contribution in [3.8, 4) is 0 Å². The number of anilines is 2. The van der Waals surface area contributed by atoms with E-state index in [1.54, 1.807) is 60.9 Å². The number of rotatable bonds is 8. The molecule has 10 heteroatoms. The van der Waals surface area contributed by atoms with Crippen LogP contribution in [0, 0.1) is 5.82 Å². The summed E-state index contributed by atoms with van der Waals surface area (Å²) in [6.07, 6.45) is 3.36. The maximum absolute atomic E-state index is 13.7. The van der Waals surface area contributed by atoms with Gasteiger partial charge in [-0.15, -0.1) is 0 Å². The zero-order chi connectivity index (χ0) is 32.0. The van der Waals surface area contributed by atoms with Gasteiger partial charge in [-0.05, 0) is 118 Å². The van der Waals surface area contributed by atoms with Gasteiger partial charge >= 0.3 is 11.9 Å². The molecule has 4 aromatic carbocycles. The summed E-state index contributed by atoms with van der Waals surface area (Å²) in [6.45, 7) is 1.86.